The van der Waals surface area contributed by atoms with Gasteiger partial charge in [0.1, 0.15) is 0 Å². The first-order valence-corrected chi connectivity index (χ1v) is 7.40. The van der Waals surface area contributed by atoms with E-state index < -0.39 is 5.54 Å². The lowest BCUT2D eigenvalue weighted by Gasteiger charge is -2.41. The summed E-state index contributed by atoms with van der Waals surface area (Å²) in [6, 6.07) is 0.409. The molecule has 0 bridgehead atoms. The third-order valence-electron chi connectivity index (χ3n) is 5.10. The maximum atomic E-state index is 12.5. The van der Waals surface area contributed by atoms with Gasteiger partial charge in [-0.1, -0.05) is 26.7 Å². The van der Waals surface area contributed by atoms with Crippen molar-refractivity contribution in [2.75, 3.05) is 7.05 Å². The van der Waals surface area contributed by atoms with Crippen molar-refractivity contribution < 1.29 is 4.79 Å². The van der Waals surface area contributed by atoms with Crippen molar-refractivity contribution in [3.05, 3.63) is 0 Å². The summed E-state index contributed by atoms with van der Waals surface area (Å²) in [5.74, 6) is 0.185. The Hall–Kier alpha value is -0.570. The van der Waals surface area contributed by atoms with Crippen LogP contribution in [0.3, 0.4) is 0 Å². The molecule has 2 aliphatic rings. The Morgan fingerprint density at radius 2 is 1.61 bits per heavy atom. The van der Waals surface area contributed by atoms with E-state index in [4.69, 9.17) is 5.73 Å². The van der Waals surface area contributed by atoms with Gasteiger partial charge >= 0.3 is 0 Å². The zero-order valence-electron chi connectivity index (χ0n) is 12.2. The second kappa shape index (κ2) is 4.84. The Kier molecular flexibility index (Phi) is 3.72. The predicted octanol–water partition coefficient (Wildman–Crippen LogP) is 2.69. The van der Waals surface area contributed by atoms with Crippen LogP contribution in [0.25, 0.3) is 0 Å². The lowest BCUT2D eigenvalue weighted by Crippen LogP contribution is -2.55. The minimum atomic E-state index is -0.554. The van der Waals surface area contributed by atoms with Gasteiger partial charge in [-0.2, -0.15) is 0 Å². The van der Waals surface area contributed by atoms with Crippen LogP contribution < -0.4 is 5.73 Å². The van der Waals surface area contributed by atoms with Crippen LogP contribution in [0.5, 0.6) is 0 Å². The molecule has 2 fully saturated rings. The summed E-state index contributed by atoms with van der Waals surface area (Å²) in [5.41, 5.74) is 6.17. The van der Waals surface area contributed by atoms with Crippen LogP contribution in [0.15, 0.2) is 0 Å². The molecule has 0 aliphatic heterocycles. The van der Waals surface area contributed by atoms with Gasteiger partial charge < -0.3 is 10.6 Å². The van der Waals surface area contributed by atoms with Crippen molar-refractivity contribution in [3.8, 4) is 0 Å². The zero-order chi connectivity index (χ0) is 13.4. The average molecular weight is 252 g/mol. The fraction of sp³-hybridized carbons (Fsp3) is 0.933. The van der Waals surface area contributed by atoms with Crippen LogP contribution in [-0.4, -0.2) is 29.4 Å². The molecule has 1 amide bonds. The summed E-state index contributed by atoms with van der Waals surface area (Å²) in [7, 11) is 1.96. The van der Waals surface area contributed by atoms with Crippen LogP contribution in [0.1, 0.15) is 65.2 Å². The number of carbonyl (C=O) groups excluding carboxylic acids is 1. The molecule has 18 heavy (non-hydrogen) atoms. The number of hydrogen-bond acceptors (Lipinski definition) is 2. The van der Waals surface area contributed by atoms with Crippen molar-refractivity contribution in [2.24, 2.45) is 11.1 Å². The standard InChI is InChI=1S/C15H28N2O/c1-14(2)10-6-12(7-11-14)17(3)13(18)15(16)8-4-5-9-15/h12H,4-11,16H2,1-3H3. The number of nitrogens with two attached hydrogens (primary N) is 1. The first kappa shape index (κ1) is 13.9. The topological polar surface area (TPSA) is 46.3 Å². The Bertz CT molecular complexity index is 308. The van der Waals surface area contributed by atoms with Gasteiger partial charge in [0.15, 0.2) is 0 Å². The molecule has 0 saturated heterocycles. The molecular formula is C15H28N2O. The Morgan fingerprint density at radius 1 is 1.11 bits per heavy atom. The van der Waals surface area contributed by atoms with Gasteiger partial charge in [-0.15, -0.1) is 0 Å². The summed E-state index contributed by atoms with van der Waals surface area (Å²) in [6.45, 7) is 4.65. The summed E-state index contributed by atoms with van der Waals surface area (Å²) in [4.78, 5) is 14.5. The third-order valence-corrected chi connectivity index (χ3v) is 5.10. The number of amides is 1. The smallest absolute Gasteiger partial charge is 0.242 e. The number of likely N-dealkylation sites (N-methyl/N-ethyl adjacent to an activating group) is 1. The van der Waals surface area contributed by atoms with E-state index in [0.717, 1.165) is 38.5 Å². The lowest BCUT2D eigenvalue weighted by molar-refractivity contribution is -0.138. The molecule has 0 atom stereocenters. The first-order chi connectivity index (χ1) is 8.34. The van der Waals surface area contributed by atoms with Gasteiger partial charge in [-0.05, 0) is 43.9 Å². The zero-order valence-corrected chi connectivity index (χ0v) is 12.2. The van der Waals surface area contributed by atoms with E-state index >= 15 is 0 Å². The van der Waals surface area contributed by atoms with E-state index in [-0.39, 0.29) is 5.91 Å². The molecule has 2 saturated carbocycles. The molecule has 0 aromatic carbocycles. The van der Waals surface area contributed by atoms with E-state index in [1.54, 1.807) is 0 Å². The molecule has 2 N–H and O–H groups in total. The van der Waals surface area contributed by atoms with Crippen molar-refractivity contribution in [1.82, 2.24) is 4.90 Å². The molecule has 0 unspecified atom stereocenters. The Morgan fingerprint density at radius 3 is 2.11 bits per heavy atom. The van der Waals surface area contributed by atoms with E-state index in [9.17, 15) is 4.79 Å². The summed E-state index contributed by atoms with van der Waals surface area (Å²) in [5, 5.41) is 0. The summed E-state index contributed by atoms with van der Waals surface area (Å²) in [6.07, 6.45) is 8.64. The molecule has 0 aromatic heterocycles. The number of hydrogen-bond donors (Lipinski definition) is 1. The highest BCUT2D eigenvalue weighted by molar-refractivity contribution is 5.86. The van der Waals surface area contributed by atoms with E-state index in [2.05, 4.69) is 13.8 Å². The minimum absolute atomic E-state index is 0.185. The van der Waals surface area contributed by atoms with Crippen LogP contribution in [0, 0.1) is 5.41 Å². The van der Waals surface area contributed by atoms with Gasteiger partial charge in [0, 0.05) is 13.1 Å². The molecule has 2 aliphatic carbocycles. The van der Waals surface area contributed by atoms with Crippen molar-refractivity contribution >= 4 is 5.91 Å². The highest BCUT2D eigenvalue weighted by Crippen LogP contribution is 2.38. The number of carbonyl (C=O) groups is 1. The highest BCUT2D eigenvalue weighted by Gasteiger charge is 2.41. The van der Waals surface area contributed by atoms with Crippen LogP contribution in [-0.2, 0) is 4.79 Å². The summed E-state index contributed by atoms with van der Waals surface area (Å²) < 4.78 is 0. The fourth-order valence-electron chi connectivity index (χ4n) is 3.51. The predicted molar refractivity (Wildman–Crippen MR) is 74.2 cm³/mol. The van der Waals surface area contributed by atoms with Gasteiger partial charge in [-0.25, -0.2) is 0 Å². The Labute approximate surface area is 111 Å². The number of nitrogens with zero attached hydrogens (tertiary/aromatic N) is 1. The van der Waals surface area contributed by atoms with E-state index in [1.165, 1.54) is 12.8 Å². The minimum Gasteiger partial charge on any atom is -0.341 e. The molecule has 0 radical (unpaired) electrons. The second-order valence-corrected chi connectivity index (χ2v) is 7.17. The quantitative estimate of drug-likeness (QED) is 0.821. The molecule has 104 valence electrons. The van der Waals surface area contributed by atoms with Gasteiger partial charge in [0.25, 0.3) is 0 Å². The third kappa shape index (κ3) is 2.71. The molecule has 0 aromatic rings. The largest absolute Gasteiger partial charge is 0.341 e. The van der Waals surface area contributed by atoms with Crippen molar-refractivity contribution in [3.63, 3.8) is 0 Å². The van der Waals surface area contributed by atoms with Crippen LogP contribution >= 0.6 is 0 Å². The molecular weight excluding hydrogens is 224 g/mol. The van der Waals surface area contributed by atoms with Gasteiger partial charge in [0.05, 0.1) is 5.54 Å². The fourth-order valence-corrected chi connectivity index (χ4v) is 3.51. The van der Waals surface area contributed by atoms with Gasteiger partial charge in [0.2, 0.25) is 5.91 Å². The maximum Gasteiger partial charge on any atom is 0.242 e. The SMILES string of the molecule is CN(C(=O)C1(N)CCCC1)C1CCC(C)(C)CC1. The van der Waals surface area contributed by atoms with E-state index in [0.29, 0.717) is 11.5 Å². The maximum absolute atomic E-state index is 12.5. The molecule has 0 heterocycles. The first-order valence-electron chi connectivity index (χ1n) is 7.40. The monoisotopic (exact) mass is 252 g/mol. The highest BCUT2D eigenvalue weighted by atomic mass is 16.2. The van der Waals surface area contributed by atoms with Gasteiger partial charge in [-0.3, -0.25) is 4.79 Å². The molecule has 0 spiro atoms. The molecule has 2 rings (SSSR count). The second-order valence-electron chi connectivity index (χ2n) is 7.17. The molecule has 3 nitrogen and oxygen atoms in total. The summed E-state index contributed by atoms with van der Waals surface area (Å²) >= 11 is 0. The van der Waals surface area contributed by atoms with E-state index in [1.807, 2.05) is 11.9 Å². The lowest BCUT2D eigenvalue weighted by atomic mass is 9.75. The Balaban J connectivity index is 1.95. The van der Waals surface area contributed by atoms with Crippen LogP contribution in [0.2, 0.25) is 0 Å². The van der Waals surface area contributed by atoms with Crippen molar-refractivity contribution in [1.29, 1.82) is 0 Å². The number of rotatable bonds is 2. The van der Waals surface area contributed by atoms with Crippen molar-refractivity contribution in [2.45, 2.75) is 76.8 Å². The molecule has 3 heteroatoms. The van der Waals surface area contributed by atoms with Crippen LogP contribution in [0.4, 0.5) is 0 Å². The average Bonchev–Trinajstić information content (AvgIpc) is 2.75. The normalized spacial score (nSPS) is 27.1.